The van der Waals surface area contributed by atoms with Crippen LogP contribution in [0.2, 0.25) is 0 Å². The molecule has 3 unspecified atom stereocenters. The fraction of sp³-hybridized carbons (Fsp3) is 0.611. The average molecular weight is 526 g/mol. The van der Waals surface area contributed by atoms with E-state index in [0.717, 1.165) is 10.5 Å². The Balaban J connectivity index is 2.18. The molecule has 2 N–H and O–H groups in total. The molecule has 0 aliphatic carbocycles. The summed E-state index contributed by atoms with van der Waals surface area (Å²) in [6.07, 6.45) is -2.97. The van der Waals surface area contributed by atoms with Gasteiger partial charge in [0.15, 0.2) is 6.10 Å². The van der Waals surface area contributed by atoms with Crippen LogP contribution < -0.4 is 5.32 Å². The molecule has 1 aliphatic rings. The van der Waals surface area contributed by atoms with Crippen molar-refractivity contribution >= 4 is 49.5 Å². The molecule has 1 aliphatic heterocycles. The monoisotopic (exact) mass is 525 g/mol. The van der Waals surface area contributed by atoms with Crippen molar-refractivity contribution in [3.8, 4) is 0 Å². The molecule has 4 atom stereocenters. The second kappa shape index (κ2) is 10.6. The zero-order valence-corrected chi connectivity index (χ0v) is 21.2. The second-order valence-electron chi connectivity index (χ2n) is 7.33. The van der Waals surface area contributed by atoms with Crippen LogP contribution in [0.3, 0.4) is 0 Å². The zero-order valence-electron chi connectivity index (χ0n) is 18.7. The number of fused-ring (bicyclic) bond motifs is 1. The molecule has 0 fully saturated rings. The maximum absolute atomic E-state index is 12.7. The van der Waals surface area contributed by atoms with Gasteiger partial charge in [0, 0.05) is 25.2 Å². The molecule has 0 spiro atoms. The third kappa shape index (κ3) is 6.36. The van der Waals surface area contributed by atoms with E-state index >= 15 is 0 Å². The molecule has 1 aromatic rings. The third-order valence-corrected chi connectivity index (χ3v) is 9.75. The number of thiophene rings is 1. The third-order valence-electron chi connectivity index (χ3n) is 4.54. The minimum atomic E-state index is -4.27. The first-order valence-electron chi connectivity index (χ1n) is 9.93. The molecule has 2 heterocycles. The summed E-state index contributed by atoms with van der Waals surface area (Å²) >= 11 is 0.602. The fourth-order valence-corrected chi connectivity index (χ4v) is 7.36. The number of nitrogens with zero attached hydrogens (tertiary/aromatic N) is 2. The summed E-state index contributed by atoms with van der Waals surface area (Å²) < 4.78 is 64.7. The predicted octanol–water partition coefficient (Wildman–Crippen LogP) is 0.0365. The Morgan fingerprint density at radius 1 is 1.33 bits per heavy atom. The number of nitrogens with one attached hydrogen (secondary N) is 1. The number of hydrogen-bond acceptors (Lipinski definition) is 11. The van der Waals surface area contributed by atoms with Gasteiger partial charge in [-0.1, -0.05) is 6.92 Å². The van der Waals surface area contributed by atoms with E-state index in [1.54, 1.807) is 0 Å². The number of likely N-dealkylation sites (N-methyl/N-ethyl adjacent to an activating group) is 2. The number of ether oxygens (including phenoxy) is 2. The van der Waals surface area contributed by atoms with Gasteiger partial charge in [-0.3, -0.25) is 0 Å². The first-order chi connectivity index (χ1) is 15.2. The summed E-state index contributed by atoms with van der Waals surface area (Å²) in [4.78, 5) is 23.3. The van der Waals surface area contributed by atoms with Crippen molar-refractivity contribution < 1.29 is 41.0 Å². The van der Waals surface area contributed by atoms with Crippen LogP contribution in [0.15, 0.2) is 18.9 Å². The number of hydrogen-bond donors (Lipinski definition) is 2. The highest BCUT2D eigenvalue weighted by molar-refractivity contribution is 7.94. The van der Waals surface area contributed by atoms with Gasteiger partial charge in [-0.25, -0.2) is 18.0 Å². The SMILES string of the molecule is CCN[C@H]1CN(C)S(=O)(=O)c2sc(S(=O)(=O)/N=C/C(C)OC(=O)C(C)OC(=O)C(C)O)cc21. The largest absolute Gasteiger partial charge is 0.454 e. The first-order valence-corrected chi connectivity index (χ1v) is 13.6. The molecule has 0 amide bonds. The smallest absolute Gasteiger partial charge is 0.347 e. The van der Waals surface area contributed by atoms with Crippen LogP contribution in [0.5, 0.6) is 0 Å². The normalized spacial score (nSPS) is 21.2. The highest BCUT2D eigenvalue weighted by Gasteiger charge is 2.38. The minimum Gasteiger partial charge on any atom is -0.454 e. The molecule has 2 rings (SSSR count). The van der Waals surface area contributed by atoms with Gasteiger partial charge in [-0.05, 0) is 33.4 Å². The van der Waals surface area contributed by atoms with Gasteiger partial charge in [0.2, 0.25) is 0 Å². The van der Waals surface area contributed by atoms with Crippen molar-refractivity contribution in [1.29, 1.82) is 0 Å². The van der Waals surface area contributed by atoms with E-state index in [1.165, 1.54) is 33.9 Å². The van der Waals surface area contributed by atoms with Gasteiger partial charge in [0.05, 0.1) is 6.21 Å². The minimum absolute atomic E-state index is 0.0656. The molecule has 0 saturated heterocycles. The lowest BCUT2D eigenvalue weighted by Gasteiger charge is -2.29. The average Bonchev–Trinajstić information content (AvgIpc) is 3.18. The topological polar surface area (TPSA) is 169 Å². The molecular formula is C18H27N3O9S3. The van der Waals surface area contributed by atoms with Gasteiger partial charge >= 0.3 is 11.9 Å². The predicted molar refractivity (Wildman–Crippen MR) is 119 cm³/mol. The molecule has 0 aromatic carbocycles. The van der Waals surface area contributed by atoms with E-state index in [1.807, 2.05) is 6.92 Å². The number of sulfonamides is 2. The van der Waals surface area contributed by atoms with Crippen LogP contribution in [0.1, 0.15) is 39.3 Å². The lowest BCUT2D eigenvalue weighted by molar-refractivity contribution is -0.172. The number of carbonyl (C=O) groups is 2. The molecular weight excluding hydrogens is 498 g/mol. The van der Waals surface area contributed by atoms with Crippen LogP contribution in [0.25, 0.3) is 0 Å². The van der Waals surface area contributed by atoms with Crippen LogP contribution in [0, 0.1) is 0 Å². The Bertz CT molecular complexity index is 1130. The van der Waals surface area contributed by atoms with Crippen molar-refractivity contribution in [3.63, 3.8) is 0 Å². The number of aliphatic hydroxyl groups excluding tert-OH is 1. The van der Waals surface area contributed by atoms with E-state index in [9.17, 15) is 26.4 Å². The lowest BCUT2D eigenvalue weighted by Crippen LogP contribution is -2.40. The molecule has 15 heteroatoms. The summed E-state index contributed by atoms with van der Waals surface area (Å²) in [6, 6.07) is 0.923. The Morgan fingerprint density at radius 3 is 2.55 bits per heavy atom. The summed E-state index contributed by atoms with van der Waals surface area (Å²) in [5.74, 6) is -1.98. The van der Waals surface area contributed by atoms with Gasteiger partial charge in [0.1, 0.15) is 20.6 Å². The zero-order chi connectivity index (χ0) is 25.1. The molecule has 0 saturated carbocycles. The highest BCUT2D eigenvalue weighted by atomic mass is 32.3. The first kappa shape index (κ1) is 27.3. The summed E-state index contributed by atoms with van der Waals surface area (Å²) in [6.45, 7) is 6.33. The number of esters is 2. The number of carbonyl (C=O) groups excluding carboxylic acids is 2. The van der Waals surface area contributed by atoms with E-state index in [0.29, 0.717) is 23.4 Å². The maximum Gasteiger partial charge on any atom is 0.347 e. The molecule has 186 valence electrons. The molecule has 0 radical (unpaired) electrons. The standard InChI is InChI=1S/C18H27N3O9S3/c1-6-19-14-9-21(5)33(27,28)18-13(14)7-15(31-18)32(25,26)20-8-10(2)29-17(24)12(4)30-16(23)11(3)22/h7-8,10-12,14,19,22H,6,9H2,1-5H3/b20-8+/t10?,11?,12?,14-/m0/s1. The van der Waals surface area contributed by atoms with E-state index in [4.69, 9.17) is 14.6 Å². The molecule has 0 bridgehead atoms. The Kier molecular flexibility index (Phi) is 8.75. The number of aliphatic hydroxyl groups is 1. The molecule has 1 aromatic heterocycles. The Morgan fingerprint density at radius 2 is 1.97 bits per heavy atom. The van der Waals surface area contributed by atoms with E-state index < -0.39 is 50.3 Å². The van der Waals surface area contributed by atoms with Gasteiger partial charge in [-0.15, -0.1) is 11.3 Å². The van der Waals surface area contributed by atoms with Crippen LogP contribution >= 0.6 is 11.3 Å². The highest BCUT2D eigenvalue weighted by Crippen LogP contribution is 2.40. The molecule has 33 heavy (non-hydrogen) atoms. The Hall–Kier alpha value is -1.91. The molecule has 12 nitrogen and oxygen atoms in total. The Labute approximate surface area is 196 Å². The van der Waals surface area contributed by atoms with Gasteiger partial charge < -0.3 is 19.9 Å². The van der Waals surface area contributed by atoms with Crippen molar-refractivity contribution in [2.75, 3.05) is 20.1 Å². The van der Waals surface area contributed by atoms with Crippen molar-refractivity contribution in [3.05, 3.63) is 11.6 Å². The van der Waals surface area contributed by atoms with Gasteiger partial charge in [0.25, 0.3) is 20.0 Å². The quantitative estimate of drug-likeness (QED) is 0.331. The van der Waals surface area contributed by atoms with E-state index in [-0.39, 0.29) is 21.0 Å². The number of rotatable bonds is 9. The van der Waals surface area contributed by atoms with Crippen LogP contribution in [-0.4, -0.2) is 82.8 Å². The van der Waals surface area contributed by atoms with Crippen molar-refractivity contribution in [2.45, 2.75) is 60.5 Å². The van der Waals surface area contributed by atoms with Crippen LogP contribution in [-0.2, 0) is 39.1 Å². The van der Waals surface area contributed by atoms with Crippen molar-refractivity contribution in [1.82, 2.24) is 9.62 Å². The lowest BCUT2D eigenvalue weighted by atomic mass is 10.1. The fourth-order valence-electron chi connectivity index (χ4n) is 2.80. The van der Waals surface area contributed by atoms with E-state index in [2.05, 4.69) is 9.71 Å². The van der Waals surface area contributed by atoms with Crippen LogP contribution in [0.4, 0.5) is 0 Å². The second-order valence-corrected chi connectivity index (χ2v) is 12.5. The summed E-state index contributed by atoms with van der Waals surface area (Å²) in [5.41, 5.74) is 0.363. The maximum atomic E-state index is 12.7. The van der Waals surface area contributed by atoms with Crippen molar-refractivity contribution in [2.24, 2.45) is 4.40 Å². The van der Waals surface area contributed by atoms with Gasteiger partial charge in [-0.2, -0.15) is 17.1 Å². The summed E-state index contributed by atoms with van der Waals surface area (Å²) in [5, 5.41) is 12.2. The summed E-state index contributed by atoms with van der Waals surface area (Å²) in [7, 11) is -6.67.